The van der Waals surface area contributed by atoms with Gasteiger partial charge >= 0.3 is 0 Å². The van der Waals surface area contributed by atoms with Gasteiger partial charge in [0.2, 0.25) is 0 Å². The maximum Gasteiger partial charge on any atom is 0.115 e. The van der Waals surface area contributed by atoms with Crippen LogP contribution in [0.15, 0.2) is 42.7 Å². The number of rotatable bonds is 3. The third kappa shape index (κ3) is 2.17. The lowest BCUT2D eigenvalue weighted by atomic mass is 10.1. The molecule has 0 aliphatic carbocycles. The maximum absolute atomic E-state index is 9.31. The number of phenols is 1. The van der Waals surface area contributed by atoms with Crippen molar-refractivity contribution < 1.29 is 5.11 Å². The van der Waals surface area contributed by atoms with E-state index in [-0.39, 0.29) is 5.75 Å². The summed E-state index contributed by atoms with van der Waals surface area (Å²) in [6, 6.07) is 9.25. The van der Waals surface area contributed by atoms with Gasteiger partial charge in [-0.15, -0.1) is 0 Å². The van der Waals surface area contributed by atoms with Gasteiger partial charge in [0.1, 0.15) is 17.1 Å². The summed E-state index contributed by atoms with van der Waals surface area (Å²) in [5.74, 6) is 1.31. The van der Waals surface area contributed by atoms with Crippen LogP contribution in [0.1, 0.15) is 18.3 Å². The molecule has 0 saturated heterocycles. The van der Waals surface area contributed by atoms with Crippen LogP contribution in [0.25, 0.3) is 11.0 Å². The van der Waals surface area contributed by atoms with E-state index < -0.39 is 0 Å². The van der Waals surface area contributed by atoms with Crippen LogP contribution in [0.3, 0.4) is 0 Å². The van der Waals surface area contributed by atoms with Gasteiger partial charge in [-0.25, -0.2) is 4.98 Å². The second-order valence-electron chi connectivity index (χ2n) is 4.48. The molecular weight excluding hydrogens is 238 g/mol. The van der Waals surface area contributed by atoms with Crippen molar-refractivity contribution in [1.82, 2.24) is 14.5 Å². The summed E-state index contributed by atoms with van der Waals surface area (Å²) in [4.78, 5) is 8.75. The molecule has 0 aliphatic heterocycles. The van der Waals surface area contributed by atoms with E-state index in [0.29, 0.717) is 0 Å². The smallest absolute Gasteiger partial charge is 0.115 e. The molecule has 2 aromatic heterocycles. The number of aromatic nitrogens is 3. The Morgan fingerprint density at radius 2 is 1.95 bits per heavy atom. The molecule has 0 fully saturated rings. The second-order valence-corrected chi connectivity index (χ2v) is 4.48. The Kier molecular flexibility index (Phi) is 2.91. The highest BCUT2D eigenvalue weighted by atomic mass is 16.3. The van der Waals surface area contributed by atoms with Gasteiger partial charge in [-0.1, -0.05) is 12.1 Å². The molecular formula is C15H15N3O. The molecule has 0 atom stereocenters. The first-order valence-electron chi connectivity index (χ1n) is 6.35. The number of hydrogen-bond acceptors (Lipinski definition) is 3. The Hall–Kier alpha value is -2.36. The molecule has 0 unspecified atom stereocenters. The molecule has 19 heavy (non-hydrogen) atoms. The molecule has 4 nitrogen and oxygen atoms in total. The number of phenolic OH excluding ortho intramolecular Hbond substituents is 1. The third-order valence-electron chi connectivity index (χ3n) is 3.24. The molecule has 3 rings (SSSR count). The summed E-state index contributed by atoms with van der Waals surface area (Å²) in [5.41, 5.74) is 3.18. The van der Waals surface area contributed by atoms with Crippen LogP contribution < -0.4 is 0 Å². The van der Waals surface area contributed by atoms with Crippen molar-refractivity contribution in [3.63, 3.8) is 0 Å². The Balaban J connectivity index is 2.02. The Morgan fingerprint density at radius 1 is 1.16 bits per heavy atom. The van der Waals surface area contributed by atoms with Crippen LogP contribution in [-0.2, 0) is 13.0 Å². The number of hydrogen-bond donors (Lipinski definition) is 1. The van der Waals surface area contributed by atoms with Crippen LogP contribution in [0.5, 0.6) is 5.75 Å². The second kappa shape index (κ2) is 4.72. The van der Waals surface area contributed by atoms with Crippen LogP contribution in [0.2, 0.25) is 0 Å². The van der Waals surface area contributed by atoms with Gasteiger partial charge in [-0.2, -0.15) is 0 Å². The largest absolute Gasteiger partial charge is 0.508 e. The normalized spacial score (nSPS) is 11.0. The number of fused-ring (bicyclic) bond motifs is 1. The molecule has 0 aliphatic rings. The summed E-state index contributed by atoms with van der Waals surface area (Å²) in [6.07, 6.45) is 4.34. The highest BCUT2D eigenvalue weighted by Gasteiger charge is 2.09. The van der Waals surface area contributed by atoms with Gasteiger partial charge in [0.25, 0.3) is 0 Å². The topological polar surface area (TPSA) is 50.9 Å². The van der Waals surface area contributed by atoms with Crippen molar-refractivity contribution in [2.45, 2.75) is 19.9 Å². The Morgan fingerprint density at radius 3 is 2.68 bits per heavy atom. The fourth-order valence-electron chi connectivity index (χ4n) is 2.32. The molecule has 2 heterocycles. The van der Waals surface area contributed by atoms with Crippen molar-refractivity contribution >= 4 is 11.0 Å². The number of aryl methyl sites for hydroxylation is 1. The average molecular weight is 253 g/mol. The van der Waals surface area contributed by atoms with Crippen molar-refractivity contribution in [1.29, 1.82) is 0 Å². The lowest BCUT2D eigenvalue weighted by Crippen LogP contribution is -2.02. The molecule has 0 amide bonds. The Bertz CT molecular complexity index is 701. The number of aromatic hydroxyl groups is 1. The third-order valence-corrected chi connectivity index (χ3v) is 3.24. The average Bonchev–Trinajstić information content (AvgIpc) is 2.78. The van der Waals surface area contributed by atoms with Crippen LogP contribution in [0, 0.1) is 0 Å². The fraction of sp³-hybridized carbons (Fsp3) is 0.200. The molecule has 1 aromatic carbocycles. The van der Waals surface area contributed by atoms with Crippen LogP contribution >= 0.6 is 0 Å². The van der Waals surface area contributed by atoms with Crippen molar-refractivity contribution in [3.05, 3.63) is 54.1 Å². The summed E-state index contributed by atoms with van der Waals surface area (Å²) in [5, 5.41) is 9.31. The number of nitrogens with zero attached hydrogens (tertiary/aromatic N) is 3. The van der Waals surface area contributed by atoms with E-state index >= 15 is 0 Å². The molecule has 0 radical (unpaired) electrons. The van der Waals surface area contributed by atoms with E-state index in [1.807, 2.05) is 18.2 Å². The quantitative estimate of drug-likeness (QED) is 0.780. The zero-order chi connectivity index (χ0) is 13.2. The molecule has 0 bridgehead atoms. The highest BCUT2D eigenvalue weighted by molar-refractivity contribution is 5.74. The maximum atomic E-state index is 9.31. The van der Waals surface area contributed by atoms with Crippen molar-refractivity contribution in [3.8, 4) is 5.75 Å². The van der Waals surface area contributed by atoms with E-state index in [1.165, 1.54) is 0 Å². The summed E-state index contributed by atoms with van der Waals surface area (Å²) >= 11 is 0. The van der Waals surface area contributed by atoms with Gasteiger partial charge in [-0.3, -0.25) is 4.98 Å². The SMILES string of the molecule is CCn1c(Cc2ccc(O)cc2)nc2cnccc21. The van der Waals surface area contributed by atoms with Gasteiger partial charge in [0.05, 0.1) is 11.7 Å². The standard InChI is InChI=1S/C15H15N3O/c1-2-18-14-7-8-16-10-13(14)17-15(18)9-11-3-5-12(19)6-4-11/h3-8,10,19H,2,9H2,1H3. The zero-order valence-corrected chi connectivity index (χ0v) is 10.7. The molecule has 1 N–H and O–H groups in total. The minimum atomic E-state index is 0.289. The van der Waals surface area contributed by atoms with Crippen LogP contribution in [-0.4, -0.2) is 19.6 Å². The van der Waals surface area contributed by atoms with Crippen molar-refractivity contribution in [2.24, 2.45) is 0 Å². The number of benzene rings is 1. The predicted molar refractivity (Wildman–Crippen MR) is 74.1 cm³/mol. The minimum Gasteiger partial charge on any atom is -0.508 e. The van der Waals surface area contributed by atoms with Gasteiger partial charge in [0.15, 0.2) is 0 Å². The zero-order valence-electron chi connectivity index (χ0n) is 10.7. The summed E-state index contributed by atoms with van der Waals surface area (Å²) < 4.78 is 2.20. The van der Waals surface area contributed by atoms with Gasteiger partial charge in [0, 0.05) is 19.2 Å². The van der Waals surface area contributed by atoms with E-state index in [0.717, 1.165) is 35.4 Å². The Labute approximate surface area is 111 Å². The first kappa shape index (κ1) is 11.7. The van der Waals surface area contributed by atoms with Gasteiger partial charge in [-0.05, 0) is 30.7 Å². The predicted octanol–water partition coefficient (Wildman–Crippen LogP) is 2.75. The summed E-state index contributed by atoms with van der Waals surface area (Å²) in [6.45, 7) is 3.00. The van der Waals surface area contributed by atoms with Crippen molar-refractivity contribution in [2.75, 3.05) is 0 Å². The van der Waals surface area contributed by atoms with Crippen LogP contribution in [0.4, 0.5) is 0 Å². The summed E-state index contributed by atoms with van der Waals surface area (Å²) in [7, 11) is 0. The monoisotopic (exact) mass is 253 g/mol. The molecule has 4 heteroatoms. The highest BCUT2D eigenvalue weighted by Crippen LogP contribution is 2.18. The lowest BCUT2D eigenvalue weighted by Gasteiger charge is -2.06. The minimum absolute atomic E-state index is 0.289. The number of pyridine rings is 1. The number of imidazole rings is 1. The van der Waals surface area contributed by atoms with Gasteiger partial charge < -0.3 is 9.67 Å². The lowest BCUT2D eigenvalue weighted by molar-refractivity contribution is 0.475. The van der Waals surface area contributed by atoms with E-state index in [4.69, 9.17) is 0 Å². The fourth-order valence-corrected chi connectivity index (χ4v) is 2.32. The van der Waals surface area contributed by atoms with E-state index in [9.17, 15) is 5.11 Å². The van der Waals surface area contributed by atoms with E-state index in [1.54, 1.807) is 24.5 Å². The first-order chi connectivity index (χ1) is 9.28. The molecule has 0 spiro atoms. The van der Waals surface area contributed by atoms with E-state index in [2.05, 4.69) is 21.5 Å². The first-order valence-corrected chi connectivity index (χ1v) is 6.35. The molecule has 0 saturated carbocycles. The molecule has 96 valence electrons. The molecule has 3 aromatic rings.